The van der Waals surface area contributed by atoms with Gasteiger partial charge in [-0.1, -0.05) is 23.2 Å². The molecule has 0 spiro atoms. The number of hydrogen-bond donors (Lipinski definition) is 0. The molecule has 2 rings (SSSR count). The van der Waals surface area contributed by atoms with Crippen molar-refractivity contribution in [2.45, 2.75) is 36.7 Å². The number of nitrogens with zero attached hydrogens (tertiary/aromatic N) is 2. The molecule has 0 aromatic carbocycles. The van der Waals surface area contributed by atoms with Gasteiger partial charge in [0.25, 0.3) is 0 Å². The summed E-state index contributed by atoms with van der Waals surface area (Å²) in [6.45, 7) is 2.08. The van der Waals surface area contributed by atoms with Crippen molar-refractivity contribution in [2.75, 3.05) is 6.54 Å². The summed E-state index contributed by atoms with van der Waals surface area (Å²) < 4.78 is 27.0. The Labute approximate surface area is 131 Å². The van der Waals surface area contributed by atoms with Crippen LogP contribution in [-0.2, 0) is 14.8 Å². The summed E-state index contributed by atoms with van der Waals surface area (Å²) in [5, 5.41) is 0. The summed E-state index contributed by atoms with van der Waals surface area (Å²) in [5.41, 5.74) is 0. The highest BCUT2D eigenvalue weighted by Crippen LogP contribution is 2.37. The van der Waals surface area contributed by atoms with E-state index in [1.807, 2.05) is 0 Å². The molecule has 0 bridgehead atoms. The molecule has 0 radical (unpaired) electrons. The molecular formula is C11H12Cl2N2O3S2. The number of halogens is 2. The van der Waals surface area contributed by atoms with Crippen LogP contribution < -0.4 is 0 Å². The van der Waals surface area contributed by atoms with Gasteiger partial charge in [0.15, 0.2) is 0 Å². The van der Waals surface area contributed by atoms with Crippen LogP contribution in [0.15, 0.2) is 16.0 Å². The summed E-state index contributed by atoms with van der Waals surface area (Å²) in [5.74, 6) is 0. The Kier molecular flexibility index (Phi) is 4.89. The zero-order valence-electron chi connectivity index (χ0n) is 10.5. The van der Waals surface area contributed by atoms with E-state index >= 15 is 0 Å². The predicted molar refractivity (Wildman–Crippen MR) is 78.8 cm³/mol. The highest BCUT2D eigenvalue weighted by molar-refractivity contribution is 7.89. The third-order valence-electron chi connectivity index (χ3n) is 3.23. The molecule has 9 heteroatoms. The minimum atomic E-state index is -3.67. The summed E-state index contributed by atoms with van der Waals surface area (Å²) in [6, 6.07) is 0.938. The van der Waals surface area contributed by atoms with Gasteiger partial charge in [0.05, 0.1) is 10.4 Å². The third kappa shape index (κ3) is 3.08. The molecule has 2 unspecified atom stereocenters. The Bertz CT molecular complexity index is 653. The lowest BCUT2D eigenvalue weighted by atomic mass is 10.0. The van der Waals surface area contributed by atoms with Crippen molar-refractivity contribution < 1.29 is 13.2 Å². The first-order valence-electron chi connectivity index (χ1n) is 5.90. The van der Waals surface area contributed by atoms with Gasteiger partial charge in [-0.25, -0.2) is 18.2 Å². The van der Waals surface area contributed by atoms with E-state index in [1.54, 1.807) is 6.92 Å². The molecule has 1 aromatic rings. The summed E-state index contributed by atoms with van der Waals surface area (Å²) >= 11 is 12.8. The fraction of sp³-hybridized carbons (Fsp3) is 0.545. The molecule has 2 atom stereocenters. The third-order valence-corrected chi connectivity index (χ3v) is 7.00. The second kappa shape index (κ2) is 6.13. The van der Waals surface area contributed by atoms with Crippen LogP contribution in [0.5, 0.6) is 0 Å². The van der Waals surface area contributed by atoms with E-state index in [0.717, 1.165) is 11.3 Å². The average molecular weight is 355 g/mol. The maximum Gasteiger partial charge on any atom is 0.245 e. The number of aliphatic imine (C=N–C) groups is 1. The molecule has 2 heterocycles. The molecular weight excluding hydrogens is 343 g/mol. The molecule has 5 nitrogen and oxygen atoms in total. The number of carbonyl (C=O) groups excluding carboxylic acids is 1. The lowest BCUT2D eigenvalue weighted by molar-refractivity contribution is 0.248. The molecule has 20 heavy (non-hydrogen) atoms. The molecule has 0 N–H and O–H groups in total. The normalized spacial score (nSPS) is 24.4. The Morgan fingerprint density at radius 2 is 2.20 bits per heavy atom. The Morgan fingerprint density at radius 3 is 2.70 bits per heavy atom. The fourth-order valence-electron chi connectivity index (χ4n) is 2.30. The second-order valence-corrected chi connectivity index (χ2v) is 8.70. The Hall–Kier alpha value is -0.430. The van der Waals surface area contributed by atoms with Gasteiger partial charge < -0.3 is 0 Å². The van der Waals surface area contributed by atoms with Crippen LogP contribution in [0.3, 0.4) is 0 Å². The molecule has 0 saturated carbocycles. The highest BCUT2D eigenvalue weighted by atomic mass is 35.5. The van der Waals surface area contributed by atoms with E-state index < -0.39 is 10.0 Å². The van der Waals surface area contributed by atoms with Gasteiger partial charge in [-0.3, -0.25) is 0 Å². The fourth-order valence-corrected chi connectivity index (χ4v) is 6.07. The molecule has 1 aliphatic rings. The van der Waals surface area contributed by atoms with Gasteiger partial charge in [-0.05, 0) is 25.8 Å². The van der Waals surface area contributed by atoms with Crippen LogP contribution in [0.4, 0.5) is 0 Å². The highest BCUT2D eigenvalue weighted by Gasteiger charge is 2.36. The van der Waals surface area contributed by atoms with Crippen molar-refractivity contribution in [3.63, 3.8) is 0 Å². The minimum absolute atomic E-state index is 0.0401. The predicted octanol–water partition coefficient (Wildman–Crippen LogP) is 2.93. The van der Waals surface area contributed by atoms with Crippen LogP contribution in [0.1, 0.15) is 19.8 Å². The van der Waals surface area contributed by atoms with Crippen molar-refractivity contribution in [3.05, 3.63) is 14.7 Å². The molecule has 0 amide bonds. The van der Waals surface area contributed by atoms with E-state index in [2.05, 4.69) is 4.99 Å². The summed E-state index contributed by atoms with van der Waals surface area (Å²) in [7, 11) is -3.67. The smallest absolute Gasteiger partial charge is 0.211 e. The van der Waals surface area contributed by atoms with E-state index in [1.165, 1.54) is 16.5 Å². The topological polar surface area (TPSA) is 66.8 Å². The molecule has 1 aromatic heterocycles. The Balaban J connectivity index is 2.27. The van der Waals surface area contributed by atoms with E-state index in [0.29, 0.717) is 23.7 Å². The first-order valence-corrected chi connectivity index (χ1v) is 8.91. The minimum Gasteiger partial charge on any atom is -0.211 e. The van der Waals surface area contributed by atoms with Crippen molar-refractivity contribution in [3.8, 4) is 0 Å². The zero-order valence-corrected chi connectivity index (χ0v) is 13.7. The molecule has 1 saturated heterocycles. The lowest BCUT2D eigenvalue weighted by Gasteiger charge is -2.34. The first kappa shape index (κ1) is 15.9. The van der Waals surface area contributed by atoms with Crippen molar-refractivity contribution in [1.82, 2.24) is 4.31 Å². The molecule has 1 aliphatic heterocycles. The van der Waals surface area contributed by atoms with Crippen molar-refractivity contribution in [2.24, 2.45) is 4.99 Å². The number of thiophene rings is 1. The van der Waals surface area contributed by atoms with Crippen LogP contribution in [0.25, 0.3) is 0 Å². The molecule has 0 aliphatic carbocycles. The average Bonchev–Trinajstić information content (AvgIpc) is 2.69. The lowest BCUT2D eigenvalue weighted by Crippen LogP contribution is -2.45. The quantitative estimate of drug-likeness (QED) is 0.618. The SMILES string of the molecule is CC1CC(N=C=O)CCN1S(=O)(=O)c1cc(Cl)sc1Cl. The van der Waals surface area contributed by atoms with Gasteiger partial charge in [0.2, 0.25) is 16.1 Å². The Morgan fingerprint density at radius 1 is 1.50 bits per heavy atom. The summed E-state index contributed by atoms with van der Waals surface area (Å²) in [6.07, 6.45) is 2.51. The van der Waals surface area contributed by atoms with E-state index in [9.17, 15) is 13.2 Å². The zero-order chi connectivity index (χ0) is 14.9. The van der Waals surface area contributed by atoms with Gasteiger partial charge in [-0.2, -0.15) is 4.31 Å². The van der Waals surface area contributed by atoms with E-state index in [-0.39, 0.29) is 21.3 Å². The molecule has 110 valence electrons. The second-order valence-electron chi connectivity index (χ2n) is 4.55. The van der Waals surface area contributed by atoms with Crippen LogP contribution in [0, 0.1) is 0 Å². The molecule has 1 fully saturated rings. The van der Waals surface area contributed by atoms with Crippen molar-refractivity contribution >= 4 is 50.6 Å². The van der Waals surface area contributed by atoms with Gasteiger partial charge >= 0.3 is 0 Å². The summed E-state index contributed by atoms with van der Waals surface area (Å²) in [4.78, 5) is 14.0. The maximum atomic E-state index is 12.6. The van der Waals surface area contributed by atoms with Gasteiger partial charge in [0.1, 0.15) is 9.23 Å². The van der Waals surface area contributed by atoms with Gasteiger partial charge in [0, 0.05) is 12.6 Å². The van der Waals surface area contributed by atoms with Crippen molar-refractivity contribution in [1.29, 1.82) is 0 Å². The van der Waals surface area contributed by atoms with E-state index in [4.69, 9.17) is 23.2 Å². The first-order chi connectivity index (χ1) is 9.36. The largest absolute Gasteiger partial charge is 0.245 e. The number of piperidine rings is 1. The number of isocyanates is 1. The van der Waals surface area contributed by atoms with Crippen LogP contribution >= 0.6 is 34.5 Å². The van der Waals surface area contributed by atoms with Crippen LogP contribution in [0.2, 0.25) is 8.67 Å². The number of rotatable bonds is 3. The van der Waals surface area contributed by atoms with Crippen LogP contribution in [-0.4, -0.2) is 37.4 Å². The number of sulfonamides is 1. The maximum absolute atomic E-state index is 12.6. The standard InChI is InChI=1S/C11H12Cl2N2O3S2/c1-7-4-8(14-6-16)2-3-15(7)20(17,18)9-5-10(12)19-11(9)13/h5,7-8H,2-4H2,1H3. The van der Waals surface area contributed by atoms with Gasteiger partial charge in [-0.15, -0.1) is 11.3 Å². The number of hydrogen-bond acceptors (Lipinski definition) is 5. The monoisotopic (exact) mass is 354 g/mol.